The fourth-order valence-corrected chi connectivity index (χ4v) is 4.32. The minimum Gasteiger partial charge on any atom is -0.282 e. The van der Waals surface area contributed by atoms with Crippen molar-refractivity contribution in [1.29, 1.82) is 0 Å². The van der Waals surface area contributed by atoms with E-state index >= 15 is 0 Å². The zero-order valence-electron chi connectivity index (χ0n) is 14.6. The highest BCUT2D eigenvalue weighted by molar-refractivity contribution is 9.09. The van der Waals surface area contributed by atoms with E-state index in [1.165, 1.54) is 0 Å². The molecule has 140 valence electrons. The second-order valence-electron chi connectivity index (χ2n) is 6.39. The molecule has 28 heavy (non-hydrogen) atoms. The molecule has 0 saturated heterocycles. The van der Waals surface area contributed by atoms with Crippen molar-refractivity contribution in [1.82, 2.24) is 0 Å². The van der Waals surface area contributed by atoms with Crippen LogP contribution in [0.15, 0.2) is 83.9 Å². The summed E-state index contributed by atoms with van der Waals surface area (Å²) in [5.74, 6) is 0. The lowest BCUT2D eigenvalue weighted by Gasteiger charge is -2.29. The molecule has 3 nitrogen and oxygen atoms in total. The predicted octanol–water partition coefficient (Wildman–Crippen LogP) is 6.93. The molecule has 2 amide bonds. The topological polar surface area (TPSA) is 32.7 Å². The third kappa shape index (κ3) is 3.72. The summed E-state index contributed by atoms with van der Waals surface area (Å²) in [6.45, 7) is 0. The average Bonchev–Trinajstić information content (AvgIpc) is 3.06. The van der Waals surface area contributed by atoms with Crippen LogP contribution in [0.3, 0.4) is 0 Å². The summed E-state index contributed by atoms with van der Waals surface area (Å²) < 4.78 is 0. The highest BCUT2D eigenvalue weighted by Gasteiger charge is 2.41. The van der Waals surface area contributed by atoms with Gasteiger partial charge in [-0.05, 0) is 47.5 Å². The number of anilines is 1. The Hall–Kier alpha value is -2.14. The van der Waals surface area contributed by atoms with Crippen LogP contribution in [0.1, 0.15) is 16.0 Å². The van der Waals surface area contributed by atoms with E-state index in [1.807, 2.05) is 66.7 Å². The molecule has 2 unspecified atom stereocenters. The average molecular weight is 474 g/mol. The van der Waals surface area contributed by atoms with Gasteiger partial charge in [0.1, 0.15) is 0 Å². The van der Waals surface area contributed by atoms with Gasteiger partial charge in [0.2, 0.25) is 0 Å². The number of alkyl halides is 1. The second kappa shape index (κ2) is 8.08. The maximum absolute atomic E-state index is 12.9. The van der Waals surface area contributed by atoms with Crippen molar-refractivity contribution in [3.05, 3.63) is 100 Å². The van der Waals surface area contributed by atoms with Gasteiger partial charge in [-0.3, -0.25) is 4.90 Å². The minimum atomic E-state index is -0.322. The maximum Gasteiger partial charge on any atom is 0.349 e. The van der Waals surface area contributed by atoms with Crippen molar-refractivity contribution < 1.29 is 4.79 Å². The lowest BCUT2D eigenvalue weighted by atomic mass is 9.96. The van der Waals surface area contributed by atoms with E-state index in [1.54, 1.807) is 17.0 Å². The third-order valence-electron chi connectivity index (χ3n) is 4.62. The van der Waals surface area contributed by atoms with Crippen LogP contribution in [-0.2, 0) is 0 Å². The normalized spacial score (nSPS) is 17.5. The number of hydrogen-bond acceptors (Lipinski definition) is 1. The number of carbonyl (C=O) groups is 1. The van der Waals surface area contributed by atoms with Gasteiger partial charge in [0.05, 0.1) is 16.6 Å². The smallest absolute Gasteiger partial charge is 0.282 e. The second-order valence-corrected chi connectivity index (χ2v) is 8.25. The first-order valence-electron chi connectivity index (χ1n) is 8.67. The van der Waals surface area contributed by atoms with Gasteiger partial charge in [0.15, 0.2) is 0 Å². The van der Waals surface area contributed by atoms with Crippen LogP contribution in [0.2, 0.25) is 10.0 Å². The number of rotatable bonds is 4. The van der Waals surface area contributed by atoms with Crippen LogP contribution >= 0.6 is 39.1 Å². The summed E-state index contributed by atoms with van der Waals surface area (Å²) in [6.07, 6.45) is 0. The number of benzene rings is 3. The van der Waals surface area contributed by atoms with Crippen molar-refractivity contribution in [3.63, 3.8) is 0 Å². The highest BCUT2D eigenvalue weighted by atomic mass is 79.9. The zero-order valence-corrected chi connectivity index (χ0v) is 17.7. The molecule has 6 heteroatoms. The molecule has 0 saturated carbocycles. The minimum absolute atomic E-state index is 0.175. The summed E-state index contributed by atoms with van der Waals surface area (Å²) in [7, 11) is 0. The molecule has 0 spiro atoms. The molecular weight excluding hydrogens is 459 g/mol. The molecule has 0 aromatic heterocycles. The summed E-state index contributed by atoms with van der Waals surface area (Å²) in [4.78, 5) is 18.8. The van der Waals surface area contributed by atoms with Gasteiger partial charge < -0.3 is 0 Å². The third-order valence-corrected chi connectivity index (χ3v) is 6.15. The number of urea groups is 1. The Morgan fingerprint density at radius 2 is 1.43 bits per heavy atom. The fraction of sp³-hybridized carbons (Fsp3) is 0.0909. The van der Waals surface area contributed by atoms with Gasteiger partial charge in [-0.2, -0.15) is 4.99 Å². The van der Waals surface area contributed by atoms with Crippen molar-refractivity contribution >= 4 is 56.6 Å². The lowest BCUT2D eigenvalue weighted by molar-refractivity contribution is 0.255. The molecule has 0 radical (unpaired) electrons. The van der Waals surface area contributed by atoms with Crippen LogP contribution in [0, 0.1) is 0 Å². The summed E-state index contributed by atoms with van der Waals surface area (Å²) in [5, 5.41) is 1.30. The quantitative estimate of drug-likeness (QED) is 0.378. The number of carbonyl (C=O) groups excluding carboxylic acids is 1. The van der Waals surface area contributed by atoms with Crippen LogP contribution in [-0.4, -0.2) is 17.8 Å². The number of halogens is 3. The Morgan fingerprint density at radius 3 is 2.04 bits per heavy atom. The number of nitrogens with zero attached hydrogens (tertiary/aromatic N) is 2. The predicted molar refractivity (Wildman–Crippen MR) is 119 cm³/mol. The molecule has 0 bridgehead atoms. The summed E-state index contributed by atoms with van der Waals surface area (Å²) in [6, 6.07) is 23.9. The van der Waals surface area contributed by atoms with E-state index in [4.69, 9.17) is 23.2 Å². The van der Waals surface area contributed by atoms with E-state index in [0.29, 0.717) is 15.8 Å². The molecule has 1 aliphatic heterocycles. The standard InChI is InChI=1S/C22H15BrCl2N2O/c23-19(14-6-10-16(24)11-7-14)21-20(15-8-12-17(25)13-9-15)26-22(28)27(21)18-4-2-1-3-5-18/h1-13,19,21H. The van der Waals surface area contributed by atoms with Crippen molar-refractivity contribution in [3.8, 4) is 0 Å². The van der Waals surface area contributed by atoms with Crippen molar-refractivity contribution in [2.24, 2.45) is 4.99 Å². The summed E-state index contributed by atoms with van der Waals surface area (Å²) in [5.41, 5.74) is 3.36. The molecule has 0 N–H and O–H groups in total. The van der Waals surface area contributed by atoms with Crippen LogP contribution in [0.4, 0.5) is 10.5 Å². The fourth-order valence-electron chi connectivity index (χ4n) is 3.28. The van der Waals surface area contributed by atoms with E-state index < -0.39 is 0 Å². The maximum atomic E-state index is 12.9. The number of hydrogen-bond donors (Lipinski definition) is 0. The summed E-state index contributed by atoms with van der Waals surface area (Å²) >= 11 is 15.9. The molecule has 4 rings (SSSR count). The monoisotopic (exact) mass is 472 g/mol. The molecule has 3 aromatic rings. The molecule has 1 heterocycles. The Labute approximate surface area is 181 Å². The lowest BCUT2D eigenvalue weighted by Crippen LogP contribution is -2.40. The van der Waals surface area contributed by atoms with E-state index in [2.05, 4.69) is 20.9 Å². The molecule has 2 atom stereocenters. The largest absolute Gasteiger partial charge is 0.349 e. The van der Waals surface area contributed by atoms with Gasteiger partial charge in [-0.1, -0.05) is 81.6 Å². The van der Waals surface area contributed by atoms with E-state index in [9.17, 15) is 4.79 Å². The highest BCUT2D eigenvalue weighted by Crippen LogP contribution is 2.38. The molecule has 1 aliphatic rings. The van der Waals surface area contributed by atoms with Crippen molar-refractivity contribution in [2.75, 3.05) is 4.90 Å². The van der Waals surface area contributed by atoms with Crippen molar-refractivity contribution in [2.45, 2.75) is 10.9 Å². The van der Waals surface area contributed by atoms with Gasteiger partial charge in [-0.25, -0.2) is 4.79 Å². The first kappa shape index (κ1) is 19.2. The molecule has 0 fully saturated rings. The van der Waals surface area contributed by atoms with E-state index in [-0.39, 0.29) is 16.9 Å². The SMILES string of the molecule is O=C1N=C(c2ccc(Cl)cc2)C(C(Br)c2ccc(Cl)cc2)N1c1ccccc1. The Balaban J connectivity index is 1.80. The molecule has 0 aliphatic carbocycles. The first-order chi connectivity index (χ1) is 13.5. The van der Waals surface area contributed by atoms with Gasteiger partial charge in [-0.15, -0.1) is 0 Å². The van der Waals surface area contributed by atoms with Crippen LogP contribution in [0.25, 0.3) is 0 Å². The first-order valence-corrected chi connectivity index (χ1v) is 10.3. The zero-order chi connectivity index (χ0) is 19.7. The Kier molecular flexibility index (Phi) is 5.54. The van der Waals surface area contributed by atoms with Gasteiger partial charge >= 0.3 is 6.03 Å². The Morgan fingerprint density at radius 1 is 0.857 bits per heavy atom. The number of amides is 2. The van der Waals surface area contributed by atoms with Gasteiger partial charge in [0, 0.05) is 15.7 Å². The Bertz CT molecular complexity index is 1020. The molecule has 3 aromatic carbocycles. The van der Waals surface area contributed by atoms with Gasteiger partial charge in [0.25, 0.3) is 0 Å². The number of aliphatic imine (C=N–C) groups is 1. The molecular formula is C22H15BrCl2N2O. The van der Waals surface area contributed by atoms with E-state index in [0.717, 1.165) is 16.8 Å². The number of para-hydroxylation sites is 1. The van der Waals surface area contributed by atoms with Crippen LogP contribution < -0.4 is 4.90 Å². The van der Waals surface area contributed by atoms with Crippen LogP contribution in [0.5, 0.6) is 0 Å².